The topological polar surface area (TPSA) is 57.0 Å². The van der Waals surface area contributed by atoms with Crippen molar-refractivity contribution in [1.82, 2.24) is 15.0 Å². The highest BCUT2D eigenvalue weighted by molar-refractivity contribution is 6.04. The third kappa shape index (κ3) is 2.59. The van der Waals surface area contributed by atoms with Crippen molar-refractivity contribution in [2.24, 2.45) is 0 Å². The Labute approximate surface area is 156 Å². The van der Waals surface area contributed by atoms with E-state index < -0.39 is 0 Å². The molecule has 1 aromatic heterocycles. The number of ether oxygens (including phenoxy) is 1. The van der Waals surface area contributed by atoms with Crippen molar-refractivity contribution < 1.29 is 9.53 Å². The van der Waals surface area contributed by atoms with Gasteiger partial charge in [0.25, 0.3) is 0 Å². The predicted molar refractivity (Wildman–Crippen MR) is 103 cm³/mol. The van der Waals surface area contributed by atoms with Crippen LogP contribution < -0.4 is 4.74 Å². The van der Waals surface area contributed by atoms with Gasteiger partial charge in [-0.3, -0.25) is 4.79 Å². The third-order valence-electron chi connectivity index (χ3n) is 5.03. The van der Waals surface area contributed by atoms with Gasteiger partial charge in [-0.2, -0.15) is 0 Å². The molecule has 4 aromatic rings. The summed E-state index contributed by atoms with van der Waals surface area (Å²) in [4.78, 5) is 13.0. The van der Waals surface area contributed by atoms with Crippen LogP contribution in [0.2, 0.25) is 0 Å². The lowest BCUT2D eigenvalue weighted by Crippen LogP contribution is -2.26. The average Bonchev–Trinajstić information content (AvgIpc) is 3.13. The molecule has 2 heterocycles. The molecule has 27 heavy (non-hydrogen) atoms. The van der Waals surface area contributed by atoms with Crippen LogP contribution in [0.25, 0.3) is 16.7 Å². The average molecular weight is 355 g/mol. The minimum Gasteiger partial charge on any atom is -0.492 e. The number of benzene rings is 3. The Hall–Kier alpha value is -3.47. The first-order chi connectivity index (χ1) is 13.2. The first-order valence-electron chi connectivity index (χ1n) is 8.89. The lowest BCUT2D eigenvalue weighted by molar-refractivity contribution is 0.0896. The van der Waals surface area contributed by atoms with Crippen molar-refractivity contribution in [3.05, 3.63) is 83.4 Å². The molecule has 1 unspecified atom stereocenters. The first-order valence-corrected chi connectivity index (χ1v) is 8.89. The van der Waals surface area contributed by atoms with Gasteiger partial charge in [-0.25, -0.2) is 4.68 Å². The standard InChI is InChI=1S/C22H17N3O2/c1-14-6-8-15(9-7-14)18-13-27-21-12-16(10-11-17(21)22(18)26)25-20-5-3-2-4-19(20)23-24-25/h2-12,18H,13H2,1H3. The van der Waals surface area contributed by atoms with Gasteiger partial charge in [0.1, 0.15) is 17.9 Å². The van der Waals surface area contributed by atoms with E-state index in [0.717, 1.165) is 22.3 Å². The van der Waals surface area contributed by atoms with E-state index in [1.165, 1.54) is 5.56 Å². The number of Topliss-reactive ketones (excluding diaryl/α,β-unsaturated/α-hetero) is 1. The number of para-hydroxylation sites is 1. The molecule has 5 rings (SSSR count). The second-order valence-electron chi connectivity index (χ2n) is 6.81. The molecule has 132 valence electrons. The maximum absolute atomic E-state index is 13.0. The number of aryl methyl sites for hydroxylation is 1. The normalized spacial score (nSPS) is 16.2. The minimum atomic E-state index is -0.267. The molecule has 0 spiro atoms. The fourth-order valence-corrected chi connectivity index (χ4v) is 3.51. The number of aromatic nitrogens is 3. The smallest absolute Gasteiger partial charge is 0.177 e. The SMILES string of the molecule is Cc1ccc(C2COc3cc(-n4nnc5ccccc54)ccc3C2=O)cc1. The molecule has 0 amide bonds. The third-order valence-corrected chi connectivity index (χ3v) is 5.03. The summed E-state index contributed by atoms with van der Waals surface area (Å²) < 4.78 is 7.72. The minimum absolute atomic E-state index is 0.0927. The summed E-state index contributed by atoms with van der Waals surface area (Å²) in [5, 5.41) is 8.42. The van der Waals surface area contributed by atoms with Gasteiger partial charge >= 0.3 is 0 Å². The first kappa shape index (κ1) is 15.8. The molecule has 0 bridgehead atoms. The summed E-state index contributed by atoms with van der Waals surface area (Å²) in [6.07, 6.45) is 0. The Morgan fingerprint density at radius 1 is 1.04 bits per heavy atom. The fraction of sp³-hybridized carbons (Fsp3) is 0.136. The molecule has 0 fully saturated rings. The van der Waals surface area contributed by atoms with E-state index in [1.807, 2.05) is 73.7 Å². The maximum Gasteiger partial charge on any atom is 0.177 e. The summed E-state index contributed by atoms with van der Waals surface area (Å²) >= 11 is 0. The van der Waals surface area contributed by atoms with Crippen LogP contribution in [0.1, 0.15) is 27.4 Å². The summed E-state index contributed by atoms with van der Waals surface area (Å²) in [6, 6.07) is 21.4. The summed E-state index contributed by atoms with van der Waals surface area (Å²) in [7, 11) is 0. The predicted octanol–water partition coefficient (Wildman–Crippen LogP) is 4.09. The van der Waals surface area contributed by atoms with Crippen molar-refractivity contribution in [3.8, 4) is 11.4 Å². The molecule has 0 N–H and O–H groups in total. The van der Waals surface area contributed by atoms with Gasteiger partial charge in [-0.15, -0.1) is 5.10 Å². The van der Waals surface area contributed by atoms with Crippen LogP contribution in [0.3, 0.4) is 0 Å². The van der Waals surface area contributed by atoms with Crippen molar-refractivity contribution in [2.75, 3.05) is 6.61 Å². The number of fused-ring (bicyclic) bond motifs is 2. The molecular weight excluding hydrogens is 338 g/mol. The summed E-state index contributed by atoms with van der Waals surface area (Å²) in [6.45, 7) is 2.38. The Morgan fingerprint density at radius 2 is 1.85 bits per heavy atom. The number of hydrogen-bond donors (Lipinski definition) is 0. The van der Waals surface area contributed by atoms with Gasteiger partial charge in [0.15, 0.2) is 5.78 Å². The molecule has 5 heteroatoms. The van der Waals surface area contributed by atoms with Gasteiger partial charge < -0.3 is 4.74 Å². The number of carbonyl (C=O) groups is 1. The molecular formula is C22H17N3O2. The zero-order valence-corrected chi connectivity index (χ0v) is 14.8. The van der Waals surface area contributed by atoms with Gasteiger partial charge in [0.2, 0.25) is 0 Å². The molecule has 0 aliphatic carbocycles. The molecule has 1 aliphatic heterocycles. The van der Waals surface area contributed by atoms with Crippen molar-refractivity contribution in [1.29, 1.82) is 0 Å². The van der Waals surface area contributed by atoms with Crippen molar-refractivity contribution in [2.45, 2.75) is 12.8 Å². The lowest BCUT2D eigenvalue weighted by atomic mass is 9.88. The van der Waals surface area contributed by atoms with Gasteiger partial charge in [0, 0.05) is 6.07 Å². The highest BCUT2D eigenvalue weighted by Gasteiger charge is 2.30. The number of rotatable bonds is 2. The maximum atomic E-state index is 13.0. The number of carbonyl (C=O) groups excluding carboxylic acids is 1. The fourth-order valence-electron chi connectivity index (χ4n) is 3.51. The molecule has 0 radical (unpaired) electrons. The monoisotopic (exact) mass is 355 g/mol. The van der Waals surface area contributed by atoms with Crippen molar-refractivity contribution in [3.63, 3.8) is 0 Å². The molecule has 0 saturated carbocycles. The van der Waals surface area contributed by atoms with Crippen LogP contribution in [0.4, 0.5) is 0 Å². The van der Waals surface area contributed by atoms with E-state index in [1.54, 1.807) is 4.68 Å². The van der Waals surface area contributed by atoms with Crippen LogP contribution in [0.5, 0.6) is 5.75 Å². The second kappa shape index (κ2) is 6.06. The zero-order chi connectivity index (χ0) is 18.4. The number of hydrogen-bond acceptors (Lipinski definition) is 4. The summed E-state index contributed by atoms with van der Waals surface area (Å²) in [5.74, 6) is 0.423. The second-order valence-corrected chi connectivity index (χ2v) is 6.81. The molecule has 3 aromatic carbocycles. The van der Waals surface area contributed by atoms with Crippen LogP contribution in [-0.2, 0) is 0 Å². The van der Waals surface area contributed by atoms with E-state index >= 15 is 0 Å². The van der Waals surface area contributed by atoms with Crippen LogP contribution in [0.15, 0.2) is 66.7 Å². The zero-order valence-electron chi connectivity index (χ0n) is 14.8. The number of ketones is 1. The Kier molecular flexibility index (Phi) is 3.53. The van der Waals surface area contributed by atoms with E-state index in [9.17, 15) is 4.79 Å². The van der Waals surface area contributed by atoms with E-state index in [2.05, 4.69) is 10.3 Å². The molecule has 1 aliphatic rings. The Balaban J connectivity index is 1.52. The number of nitrogens with zero attached hydrogens (tertiary/aromatic N) is 3. The largest absolute Gasteiger partial charge is 0.492 e. The van der Waals surface area contributed by atoms with Crippen LogP contribution in [-0.4, -0.2) is 27.4 Å². The van der Waals surface area contributed by atoms with Crippen LogP contribution >= 0.6 is 0 Å². The molecule has 1 atom stereocenters. The summed E-state index contributed by atoms with van der Waals surface area (Å²) in [5.41, 5.74) is 5.34. The van der Waals surface area contributed by atoms with E-state index in [4.69, 9.17) is 4.74 Å². The van der Waals surface area contributed by atoms with Crippen LogP contribution in [0, 0.1) is 6.92 Å². The quantitative estimate of drug-likeness (QED) is 0.543. The Bertz CT molecular complexity index is 1160. The lowest BCUT2D eigenvalue weighted by Gasteiger charge is -2.25. The van der Waals surface area contributed by atoms with E-state index in [-0.39, 0.29) is 11.7 Å². The highest BCUT2D eigenvalue weighted by atomic mass is 16.5. The van der Waals surface area contributed by atoms with Gasteiger partial charge in [0.05, 0.1) is 22.7 Å². The van der Waals surface area contributed by atoms with Gasteiger partial charge in [-0.05, 0) is 36.8 Å². The molecule has 0 saturated heterocycles. The molecule has 5 nitrogen and oxygen atoms in total. The van der Waals surface area contributed by atoms with E-state index in [0.29, 0.717) is 17.9 Å². The Morgan fingerprint density at radius 3 is 2.70 bits per heavy atom. The van der Waals surface area contributed by atoms with Crippen molar-refractivity contribution >= 4 is 16.8 Å². The van der Waals surface area contributed by atoms with Gasteiger partial charge in [-0.1, -0.05) is 47.2 Å². The highest BCUT2D eigenvalue weighted by Crippen LogP contribution is 2.34.